The molecule has 0 saturated carbocycles. The van der Waals surface area contributed by atoms with E-state index in [4.69, 9.17) is 0 Å². The number of nitrogens with zero attached hydrogens (tertiary/aromatic N) is 1. The highest BCUT2D eigenvalue weighted by molar-refractivity contribution is 7.99. The zero-order valence-corrected chi connectivity index (χ0v) is 10.2. The summed E-state index contributed by atoms with van der Waals surface area (Å²) in [6, 6.07) is 8.13. The van der Waals surface area contributed by atoms with Gasteiger partial charge in [0.2, 0.25) is 0 Å². The number of thioether (sulfide) groups is 1. The molecular weight excluding hydrogens is 210 g/mol. The highest BCUT2D eigenvalue weighted by Gasteiger charge is 1.89. The van der Waals surface area contributed by atoms with E-state index in [0.29, 0.717) is 0 Å². The van der Waals surface area contributed by atoms with Crippen LogP contribution in [0.5, 0.6) is 0 Å². The maximum atomic E-state index is 4.14. The molecule has 0 fully saturated rings. The number of hydrogen-bond acceptors (Lipinski definition) is 3. The first kappa shape index (κ1) is 11.5. The van der Waals surface area contributed by atoms with Gasteiger partial charge in [0.05, 0.1) is 15.7 Å². The Morgan fingerprint density at radius 3 is 2.50 bits per heavy atom. The van der Waals surface area contributed by atoms with Gasteiger partial charge in [-0.3, -0.25) is 0 Å². The average molecular weight is 225 g/mol. The minimum atomic E-state index is 1.10. The number of hydrogen-bond donors (Lipinski definition) is 0. The van der Waals surface area contributed by atoms with Gasteiger partial charge in [0.15, 0.2) is 0 Å². The lowest BCUT2D eigenvalue weighted by molar-refractivity contribution is 1.46. The summed E-state index contributed by atoms with van der Waals surface area (Å²) >= 11 is 3.64. The Balaban J connectivity index is 0.000000171. The lowest BCUT2D eigenvalue weighted by Gasteiger charge is -1.80. The summed E-state index contributed by atoms with van der Waals surface area (Å²) in [4.78, 5) is 4.14. The van der Waals surface area contributed by atoms with Crippen LogP contribution in [-0.2, 0) is 0 Å². The van der Waals surface area contributed by atoms with Crippen molar-refractivity contribution in [3.8, 4) is 0 Å². The fourth-order valence-corrected chi connectivity index (χ4v) is 2.09. The highest BCUT2D eigenvalue weighted by Crippen LogP contribution is 2.15. The Labute approximate surface area is 93.6 Å². The first-order valence-corrected chi connectivity index (χ1v) is 6.77. The van der Waals surface area contributed by atoms with Crippen LogP contribution < -0.4 is 0 Å². The van der Waals surface area contributed by atoms with Crippen LogP contribution in [0.3, 0.4) is 0 Å². The van der Waals surface area contributed by atoms with Crippen LogP contribution >= 0.6 is 23.1 Å². The third-order valence-electron chi connectivity index (χ3n) is 1.64. The van der Waals surface area contributed by atoms with E-state index in [9.17, 15) is 0 Å². The predicted molar refractivity (Wildman–Crippen MR) is 68.3 cm³/mol. The number of rotatable bonds is 2. The number of thiazole rings is 1. The van der Waals surface area contributed by atoms with Crippen molar-refractivity contribution in [3.05, 3.63) is 29.8 Å². The summed E-state index contributed by atoms with van der Waals surface area (Å²) in [7, 11) is 0. The van der Waals surface area contributed by atoms with Crippen LogP contribution in [0, 0.1) is 0 Å². The van der Waals surface area contributed by atoms with Gasteiger partial charge < -0.3 is 0 Å². The fourth-order valence-electron chi connectivity index (χ4n) is 1.01. The van der Waals surface area contributed by atoms with Gasteiger partial charge in [-0.1, -0.05) is 26.0 Å². The molecule has 1 aromatic heterocycles. The zero-order valence-electron chi connectivity index (χ0n) is 8.56. The minimum absolute atomic E-state index is 1.10. The molecule has 0 aliphatic rings. The molecule has 0 aliphatic heterocycles. The molecule has 0 radical (unpaired) electrons. The second-order valence-corrected chi connectivity index (χ2v) is 5.05. The standard InChI is InChI=1S/C7H5NS.C4H10S/c1-2-4-7-6(3-1)8-5-9-7;1-3-5-4-2/h1-5H;3-4H2,1-2H3. The molecule has 0 spiro atoms. The smallest absolute Gasteiger partial charge is 0.0812 e. The third-order valence-corrected chi connectivity index (χ3v) is 3.27. The van der Waals surface area contributed by atoms with Crippen LogP contribution in [0.25, 0.3) is 10.2 Å². The van der Waals surface area contributed by atoms with E-state index >= 15 is 0 Å². The van der Waals surface area contributed by atoms with Crippen molar-refractivity contribution in [1.82, 2.24) is 4.98 Å². The molecule has 3 heteroatoms. The highest BCUT2D eigenvalue weighted by atomic mass is 32.2. The summed E-state index contributed by atoms with van der Waals surface area (Å²) in [5, 5.41) is 0. The normalized spacial score (nSPS) is 9.57. The van der Waals surface area contributed by atoms with E-state index in [1.54, 1.807) is 11.3 Å². The van der Waals surface area contributed by atoms with Crippen LogP contribution in [0.15, 0.2) is 29.8 Å². The van der Waals surface area contributed by atoms with Crippen molar-refractivity contribution < 1.29 is 0 Å². The predicted octanol–water partition coefficient (Wildman–Crippen LogP) is 4.06. The fraction of sp³-hybridized carbons (Fsp3) is 0.364. The Morgan fingerprint density at radius 1 is 1.21 bits per heavy atom. The van der Waals surface area contributed by atoms with Gasteiger partial charge in [-0.05, 0) is 23.6 Å². The topological polar surface area (TPSA) is 12.9 Å². The van der Waals surface area contributed by atoms with Gasteiger partial charge in [0.1, 0.15) is 0 Å². The molecule has 76 valence electrons. The van der Waals surface area contributed by atoms with Crippen LogP contribution in [0.1, 0.15) is 13.8 Å². The monoisotopic (exact) mass is 225 g/mol. The molecule has 0 N–H and O–H groups in total. The quantitative estimate of drug-likeness (QED) is 0.764. The van der Waals surface area contributed by atoms with Crippen molar-refractivity contribution in [3.63, 3.8) is 0 Å². The number of para-hydroxylation sites is 1. The summed E-state index contributed by atoms with van der Waals surface area (Å²) in [5.41, 5.74) is 2.97. The molecule has 1 nitrogen and oxygen atoms in total. The summed E-state index contributed by atoms with van der Waals surface area (Å²) in [6.45, 7) is 4.35. The van der Waals surface area contributed by atoms with Gasteiger partial charge in [-0.25, -0.2) is 4.98 Å². The molecular formula is C11H15NS2. The van der Waals surface area contributed by atoms with Crippen molar-refractivity contribution in [2.75, 3.05) is 11.5 Å². The molecule has 1 heterocycles. The van der Waals surface area contributed by atoms with Gasteiger partial charge in [0.25, 0.3) is 0 Å². The summed E-state index contributed by atoms with van der Waals surface area (Å²) in [5.74, 6) is 2.52. The van der Waals surface area contributed by atoms with Crippen molar-refractivity contribution in [2.45, 2.75) is 13.8 Å². The van der Waals surface area contributed by atoms with Crippen molar-refractivity contribution in [1.29, 1.82) is 0 Å². The van der Waals surface area contributed by atoms with Crippen LogP contribution in [-0.4, -0.2) is 16.5 Å². The number of fused-ring (bicyclic) bond motifs is 1. The van der Waals surface area contributed by atoms with Crippen LogP contribution in [0.4, 0.5) is 0 Å². The second-order valence-electron chi connectivity index (χ2n) is 2.60. The summed E-state index contributed by atoms with van der Waals surface area (Å²) < 4.78 is 1.26. The van der Waals surface area contributed by atoms with E-state index in [-0.39, 0.29) is 0 Å². The maximum absolute atomic E-state index is 4.14. The van der Waals surface area contributed by atoms with E-state index in [0.717, 1.165) is 5.52 Å². The van der Waals surface area contributed by atoms with Gasteiger partial charge >= 0.3 is 0 Å². The molecule has 2 rings (SSSR count). The third kappa shape index (κ3) is 3.68. The molecule has 0 amide bonds. The lowest BCUT2D eigenvalue weighted by Crippen LogP contribution is -1.64. The van der Waals surface area contributed by atoms with E-state index in [1.807, 2.05) is 35.5 Å². The van der Waals surface area contributed by atoms with Gasteiger partial charge in [-0.2, -0.15) is 11.8 Å². The average Bonchev–Trinajstić information content (AvgIpc) is 2.67. The molecule has 0 unspecified atom stereocenters. The van der Waals surface area contributed by atoms with E-state index in [2.05, 4.69) is 24.9 Å². The summed E-state index contributed by atoms with van der Waals surface area (Å²) in [6.07, 6.45) is 0. The Kier molecular flexibility index (Phi) is 5.64. The zero-order chi connectivity index (χ0) is 10.2. The SMILES string of the molecule is CCSCC.c1ccc2scnc2c1. The largest absolute Gasteiger partial charge is 0.245 e. The molecule has 0 aliphatic carbocycles. The van der Waals surface area contributed by atoms with Crippen molar-refractivity contribution in [2.24, 2.45) is 0 Å². The van der Waals surface area contributed by atoms with Crippen molar-refractivity contribution >= 4 is 33.3 Å². The number of benzene rings is 1. The minimum Gasteiger partial charge on any atom is -0.245 e. The Bertz CT molecular complexity index is 325. The van der Waals surface area contributed by atoms with E-state index < -0.39 is 0 Å². The molecule has 0 bridgehead atoms. The maximum Gasteiger partial charge on any atom is 0.0812 e. The first-order valence-electron chi connectivity index (χ1n) is 4.74. The molecule has 14 heavy (non-hydrogen) atoms. The number of aromatic nitrogens is 1. The van der Waals surface area contributed by atoms with Gasteiger partial charge in [-0.15, -0.1) is 11.3 Å². The molecule has 0 saturated heterocycles. The van der Waals surface area contributed by atoms with Crippen LogP contribution in [0.2, 0.25) is 0 Å². The second kappa shape index (κ2) is 6.85. The first-order chi connectivity index (χ1) is 6.88. The van der Waals surface area contributed by atoms with Gasteiger partial charge in [0, 0.05) is 0 Å². The Hall–Kier alpha value is -0.540. The van der Waals surface area contributed by atoms with E-state index in [1.165, 1.54) is 16.2 Å². The molecule has 1 aromatic carbocycles. The molecule has 2 aromatic rings. The Morgan fingerprint density at radius 2 is 1.93 bits per heavy atom. The lowest BCUT2D eigenvalue weighted by atomic mass is 10.3. The molecule has 0 atom stereocenters.